The fraction of sp³-hybridized carbons (Fsp3) is 0. The van der Waals surface area contributed by atoms with Gasteiger partial charge >= 0.3 is 0 Å². The highest BCUT2D eigenvalue weighted by molar-refractivity contribution is 7.80. The van der Waals surface area contributed by atoms with Gasteiger partial charge in [-0.2, -0.15) is 4.98 Å². The summed E-state index contributed by atoms with van der Waals surface area (Å²) in [7, 11) is 0. The summed E-state index contributed by atoms with van der Waals surface area (Å²) in [5.74, 6) is 0.273. The molecule has 0 unspecified atom stereocenters. The van der Waals surface area contributed by atoms with Gasteiger partial charge in [0.15, 0.2) is 16.7 Å². The van der Waals surface area contributed by atoms with E-state index >= 15 is 0 Å². The van der Waals surface area contributed by atoms with Crippen LogP contribution in [0.2, 0.25) is 0 Å². The summed E-state index contributed by atoms with van der Waals surface area (Å²) in [4.78, 5) is 18.1. The van der Waals surface area contributed by atoms with Crippen LogP contribution in [0.4, 0.5) is 11.5 Å². The Morgan fingerprint density at radius 3 is 2.94 bits per heavy atom. The first-order valence-corrected chi connectivity index (χ1v) is 4.70. The van der Waals surface area contributed by atoms with Crippen LogP contribution in [0, 0.1) is 0 Å². The third kappa shape index (κ3) is 2.11. The van der Waals surface area contributed by atoms with Crippen LogP contribution in [0.15, 0.2) is 22.5 Å². The number of rotatable bonds is 2. The van der Waals surface area contributed by atoms with Crippen LogP contribution in [0.5, 0.6) is 5.88 Å². The van der Waals surface area contributed by atoms with E-state index in [-0.39, 0.29) is 22.5 Å². The Labute approximate surface area is 95.9 Å². The SMILES string of the molecule is Nc1nc(S)nc(O)c1/N=C/c1ncc[nH]1. The maximum absolute atomic E-state index is 9.48. The minimum Gasteiger partial charge on any atom is -0.492 e. The van der Waals surface area contributed by atoms with E-state index in [1.54, 1.807) is 12.4 Å². The fourth-order valence-corrected chi connectivity index (χ4v) is 1.25. The number of nitrogen functional groups attached to an aromatic ring is 1. The summed E-state index contributed by atoms with van der Waals surface area (Å²) in [6, 6.07) is 0. The molecule has 8 heteroatoms. The third-order valence-corrected chi connectivity index (χ3v) is 1.92. The van der Waals surface area contributed by atoms with E-state index in [1.807, 2.05) is 0 Å². The molecule has 0 aromatic carbocycles. The van der Waals surface area contributed by atoms with Gasteiger partial charge in [0.25, 0.3) is 0 Å². The molecule has 82 valence electrons. The molecule has 7 nitrogen and oxygen atoms in total. The minimum atomic E-state index is -0.319. The molecule has 0 fully saturated rings. The quantitative estimate of drug-likeness (QED) is 0.345. The van der Waals surface area contributed by atoms with E-state index in [4.69, 9.17) is 5.73 Å². The number of aromatic amines is 1. The number of aliphatic imine (C=N–C) groups is 1. The van der Waals surface area contributed by atoms with Crippen molar-refractivity contribution in [1.82, 2.24) is 19.9 Å². The number of H-pyrrole nitrogens is 1. The van der Waals surface area contributed by atoms with Crippen molar-refractivity contribution in [2.75, 3.05) is 5.73 Å². The molecule has 2 rings (SSSR count). The van der Waals surface area contributed by atoms with Crippen LogP contribution in [0.3, 0.4) is 0 Å². The molecule has 2 heterocycles. The summed E-state index contributed by atoms with van der Waals surface area (Å²) < 4.78 is 0. The molecule has 0 aliphatic carbocycles. The van der Waals surface area contributed by atoms with E-state index in [0.717, 1.165) is 0 Å². The third-order valence-electron chi connectivity index (χ3n) is 1.72. The summed E-state index contributed by atoms with van der Waals surface area (Å²) in [6.07, 6.45) is 4.64. The Bertz CT molecular complexity index is 500. The van der Waals surface area contributed by atoms with Crippen LogP contribution in [-0.4, -0.2) is 31.3 Å². The van der Waals surface area contributed by atoms with Crippen LogP contribution in [-0.2, 0) is 0 Å². The van der Waals surface area contributed by atoms with Gasteiger partial charge in [-0.3, -0.25) is 0 Å². The summed E-state index contributed by atoms with van der Waals surface area (Å²) in [6.45, 7) is 0. The monoisotopic (exact) mass is 236 g/mol. The molecule has 0 aliphatic heterocycles. The smallest absolute Gasteiger partial charge is 0.243 e. The lowest BCUT2D eigenvalue weighted by atomic mass is 10.4. The number of nitrogens with zero attached hydrogens (tertiary/aromatic N) is 4. The number of anilines is 1. The van der Waals surface area contributed by atoms with Crippen molar-refractivity contribution in [3.63, 3.8) is 0 Å². The number of thiol groups is 1. The second kappa shape index (κ2) is 4.19. The van der Waals surface area contributed by atoms with Crippen LogP contribution >= 0.6 is 12.6 Å². The second-order valence-electron chi connectivity index (χ2n) is 2.81. The van der Waals surface area contributed by atoms with Gasteiger partial charge < -0.3 is 15.8 Å². The summed E-state index contributed by atoms with van der Waals surface area (Å²) in [5, 5.41) is 9.57. The normalized spacial score (nSPS) is 11.1. The van der Waals surface area contributed by atoms with Crippen LogP contribution < -0.4 is 5.73 Å². The van der Waals surface area contributed by atoms with Gasteiger partial charge in [0.1, 0.15) is 5.82 Å². The van der Waals surface area contributed by atoms with Crippen molar-refractivity contribution in [2.45, 2.75) is 5.16 Å². The average molecular weight is 236 g/mol. The number of hydrogen-bond acceptors (Lipinski definition) is 7. The summed E-state index contributed by atoms with van der Waals surface area (Å²) in [5.41, 5.74) is 5.65. The van der Waals surface area contributed by atoms with Crippen LogP contribution in [0.1, 0.15) is 5.82 Å². The first-order chi connectivity index (χ1) is 7.66. The lowest BCUT2D eigenvalue weighted by Crippen LogP contribution is -1.95. The number of nitrogens with one attached hydrogen (secondary N) is 1. The average Bonchev–Trinajstić information content (AvgIpc) is 2.68. The van der Waals surface area contributed by atoms with Gasteiger partial charge in [0.05, 0.1) is 6.21 Å². The lowest BCUT2D eigenvalue weighted by Gasteiger charge is -2.01. The van der Waals surface area contributed by atoms with Crippen molar-refractivity contribution in [3.8, 4) is 5.88 Å². The number of nitrogens with two attached hydrogens (primary N) is 1. The maximum Gasteiger partial charge on any atom is 0.243 e. The first kappa shape index (κ1) is 10.4. The predicted molar refractivity (Wildman–Crippen MR) is 61.2 cm³/mol. The molecular formula is C8H8N6OS. The Morgan fingerprint density at radius 2 is 2.31 bits per heavy atom. The van der Waals surface area contributed by atoms with E-state index in [2.05, 4.69) is 37.6 Å². The Morgan fingerprint density at radius 1 is 1.50 bits per heavy atom. The van der Waals surface area contributed by atoms with Gasteiger partial charge in [-0.15, -0.1) is 12.6 Å². The highest BCUT2D eigenvalue weighted by Crippen LogP contribution is 2.29. The standard InChI is InChI=1S/C8H8N6OS/c9-6-5(7(15)14-8(16)13-6)12-3-4-10-1-2-11-4/h1-3H,(H,10,11)(H4,9,13,14,15,16)/b12-3+. The number of aromatic hydroxyl groups is 1. The molecule has 16 heavy (non-hydrogen) atoms. The number of aromatic nitrogens is 4. The van der Waals surface area contributed by atoms with E-state index in [1.165, 1.54) is 6.21 Å². The van der Waals surface area contributed by atoms with Crippen molar-refractivity contribution < 1.29 is 5.11 Å². The molecule has 0 saturated heterocycles. The van der Waals surface area contributed by atoms with Gasteiger partial charge in [0.2, 0.25) is 5.88 Å². The Balaban J connectivity index is 2.35. The molecule has 0 spiro atoms. The first-order valence-electron chi connectivity index (χ1n) is 4.25. The Hall–Kier alpha value is -2.09. The zero-order valence-corrected chi connectivity index (χ0v) is 8.89. The molecule has 2 aromatic rings. The fourth-order valence-electron chi connectivity index (χ4n) is 1.05. The predicted octanol–water partition coefficient (Wildman–Crippen LogP) is 0.527. The topological polar surface area (TPSA) is 113 Å². The zero-order chi connectivity index (χ0) is 11.5. The largest absolute Gasteiger partial charge is 0.492 e. The molecule has 0 saturated carbocycles. The second-order valence-corrected chi connectivity index (χ2v) is 3.21. The number of imidazole rings is 1. The van der Waals surface area contributed by atoms with Gasteiger partial charge in [-0.1, -0.05) is 0 Å². The molecule has 0 radical (unpaired) electrons. The molecule has 0 bridgehead atoms. The maximum atomic E-state index is 9.48. The van der Waals surface area contributed by atoms with Crippen molar-refractivity contribution in [3.05, 3.63) is 18.2 Å². The van der Waals surface area contributed by atoms with Crippen LogP contribution in [0.25, 0.3) is 0 Å². The van der Waals surface area contributed by atoms with Gasteiger partial charge in [-0.25, -0.2) is 15.0 Å². The van der Waals surface area contributed by atoms with Gasteiger partial charge in [-0.05, 0) is 0 Å². The molecule has 4 N–H and O–H groups in total. The molecule has 0 aliphatic rings. The Kier molecular flexibility index (Phi) is 2.73. The number of hydrogen-bond donors (Lipinski definition) is 4. The van der Waals surface area contributed by atoms with Crippen molar-refractivity contribution >= 4 is 30.3 Å². The molecular weight excluding hydrogens is 228 g/mol. The van der Waals surface area contributed by atoms with E-state index < -0.39 is 0 Å². The van der Waals surface area contributed by atoms with Crippen molar-refractivity contribution in [2.24, 2.45) is 4.99 Å². The highest BCUT2D eigenvalue weighted by atomic mass is 32.1. The highest BCUT2D eigenvalue weighted by Gasteiger charge is 2.08. The van der Waals surface area contributed by atoms with E-state index in [9.17, 15) is 5.11 Å². The molecule has 2 aromatic heterocycles. The zero-order valence-electron chi connectivity index (χ0n) is 7.99. The summed E-state index contributed by atoms with van der Waals surface area (Å²) >= 11 is 3.87. The molecule has 0 amide bonds. The van der Waals surface area contributed by atoms with E-state index in [0.29, 0.717) is 5.82 Å². The minimum absolute atomic E-state index is 0.0558. The lowest BCUT2D eigenvalue weighted by molar-refractivity contribution is 0.448. The van der Waals surface area contributed by atoms with Gasteiger partial charge in [0, 0.05) is 12.4 Å². The van der Waals surface area contributed by atoms with Crippen molar-refractivity contribution in [1.29, 1.82) is 0 Å². The molecule has 0 atom stereocenters.